The summed E-state index contributed by atoms with van der Waals surface area (Å²) in [5.41, 5.74) is 0.244. The van der Waals surface area contributed by atoms with Crippen molar-refractivity contribution in [3.8, 4) is 0 Å². The van der Waals surface area contributed by atoms with E-state index in [4.69, 9.17) is 11.6 Å². The molecule has 0 spiro atoms. The summed E-state index contributed by atoms with van der Waals surface area (Å²) < 4.78 is 40.8. The summed E-state index contributed by atoms with van der Waals surface area (Å²) in [6.07, 6.45) is 0. The molecule has 0 aliphatic rings. The highest BCUT2D eigenvalue weighted by molar-refractivity contribution is 6.23. The second kappa shape index (κ2) is 5.41. The van der Waals surface area contributed by atoms with E-state index in [1.165, 1.54) is 0 Å². The molecule has 1 atom stereocenters. The van der Waals surface area contributed by atoms with Crippen molar-refractivity contribution in [1.29, 1.82) is 0 Å². The van der Waals surface area contributed by atoms with Crippen LogP contribution in [0.25, 0.3) is 10.8 Å². The highest BCUT2D eigenvalue weighted by Crippen LogP contribution is 2.36. The molecule has 0 aromatic heterocycles. The molecule has 0 saturated heterocycles. The van der Waals surface area contributed by atoms with E-state index in [-0.39, 0.29) is 5.56 Å². The first-order valence-corrected chi connectivity index (χ1v) is 6.78. The van der Waals surface area contributed by atoms with Crippen molar-refractivity contribution in [3.05, 3.63) is 83.2 Å². The van der Waals surface area contributed by atoms with E-state index < -0.39 is 22.8 Å². The van der Waals surface area contributed by atoms with Crippen LogP contribution in [0.2, 0.25) is 0 Å². The first-order valence-electron chi connectivity index (χ1n) is 6.34. The Balaban J connectivity index is 2.20. The Morgan fingerprint density at radius 2 is 1.43 bits per heavy atom. The van der Waals surface area contributed by atoms with Crippen LogP contribution in [0, 0.1) is 17.5 Å². The van der Waals surface area contributed by atoms with E-state index in [1.54, 1.807) is 12.1 Å². The maximum absolute atomic E-state index is 13.9. The van der Waals surface area contributed by atoms with Gasteiger partial charge in [-0.3, -0.25) is 0 Å². The van der Waals surface area contributed by atoms with Crippen LogP contribution in [-0.2, 0) is 0 Å². The van der Waals surface area contributed by atoms with Crippen molar-refractivity contribution in [2.75, 3.05) is 0 Å². The van der Waals surface area contributed by atoms with Crippen LogP contribution in [-0.4, -0.2) is 0 Å². The van der Waals surface area contributed by atoms with Crippen molar-refractivity contribution < 1.29 is 13.2 Å². The van der Waals surface area contributed by atoms with Gasteiger partial charge in [-0.25, -0.2) is 13.2 Å². The number of hydrogen-bond acceptors (Lipinski definition) is 0. The van der Waals surface area contributed by atoms with E-state index >= 15 is 0 Å². The molecule has 106 valence electrons. The number of rotatable bonds is 2. The molecule has 0 saturated carbocycles. The minimum absolute atomic E-state index is 0.339. The summed E-state index contributed by atoms with van der Waals surface area (Å²) in [5, 5.41) is 0.698. The molecule has 3 aromatic carbocycles. The first-order chi connectivity index (χ1) is 10.1. The lowest BCUT2D eigenvalue weighted by molar-refractivity contribution is 0.526. The van der Waals surface area contributed by atoms with Crippen molar-refractivity contribution in [3.63, 3.8) is 0 Å². The summed E-state index contributed by atoms with van der Waals surface area (Å²) in [7, 11) is 0. The second-order valence-corrected chi connectivity index (χ2v) is 5.15. The highest BCUT2D eigenvalue weighted by atomic mass is 35.5. The van der Waals surface area contributed by atoms with Gasteiger partial charge in [0.2, 0.25) is 0 Å². The molecule has 0 heterocycles. The molecule has 3 rings (SSSR count). The van der Waals surface area contributed by atoms with Crippen molar-refractivity contribution >= 4 is 22.4 Å². The van der Waals surface area contributed by atoms with Gasteiger partial charge in [-0.2, -0.15) is 0 Å². The Morgan fingerprint density at radius 3 is 2.14 bits per heavy atom. The van der Waals surface area contributed by atoms with Gasteiger partial charge in [0.15, 0.2) is 0 Å². The lowest BCUT2D eigenvalue weighted by atomic mass is 9.97. The smallest absolute Gasteiger partial charge is 0.134 e. The van der Waals surface area contributed by atoms with E-state index in [0.29, 0.717) is 17.7 Å². The average molecular weight is 307 g/mol. The van der Waals surface area contributed by atoms with Gasteiger partial charge in [-0.15, -0.1) is 11.6 Å². The first kappa shape index (κ1) is 14.0. The Bertz CT molecular complexity index is 786. The van der Waals surface area contributed by atoms with E-state index in [9.17, 15) is 13.2 Å². The van der Waals surface area contributed by atoms with Gasteiger partial charge in [0.1, 0.15) is 17.5 Å². The summed E-state index contributed by atoms with van der Waals surface area (Å²) >= 11 is 6.27. The summed E-state index contributed by atoms with van der Waals surface area (Å²) in [4.78, 5) is 0. The maximum Gasteiger partial charge on any atom is 0.134 e. The molecular formula is C17H10ClF3. The molecule has 0 aliphatic carbocycles. The SMILES string of the molecule is Fc1cc(F)c(C(Cl)c2cccc3ccccc23)c(F)c1. The summed E-state index contributed by atoms with van der Waals surface area (Å²) in [6, 6.07) is 14.1. The zero-order valence-corrected chi connectivity index (χ0v) is 11.5. The van der Waals surface area contributed by atoms with Crippen LogP contribution in [0.4, 0.5) is 13.2 Å². The van der Waals surface area contributed by atoms with Crippen LogP contribution < -0.4 is 0 Å². The number of halogens is 4. The van der Waals surface area contributed by atoms with Gasteiger partial charge in [0.25, 0.3) is 0 Å². The quantitative estimate of drug-likeness (QED) is 0.542. The number of hydrogen-bond donors (Lipinski definition) is 0. The predicted molar refractivity (Wildman–Crippen MR) is 78.0 cm³/mol. The molecule has 21 heavy (non-hydrogen) atoms. The van der Waals surface area contributed by atoms with Crippen molar-refractivity contribution in [2.45, 2.75) is 5.38 Å². The van der Waals surface area contributed by atoms with Gasteiger partial charge in [-0.1, -0.05) is 42.5 Å². The third-order valence-electron chi connectivity index (χ3n) is 3.39. The van der Waals surface area contributed by atoms with Gasteiger partial charge < -0.3 is 0 Å². The lowest BCUT2D eigenvalue weighted by Crippen LogP contribution is -2.03. The van der Waals surface area contributed by atoms with Gasteiger partial charge in [0, 0.05) is 17.7 Å². The third kappa shape index (κ3) is 2.49. The van der Waals surface area contributed by atoms with Gasteiger partial charge in [-0.05, 0) is 16.3 Å². The Morgan fingerprint density at radius 1 is 0.810 bits per heavy atom. The van der Waals surface area contributed by atoms with Crippen LogP contribution in [0.15, 0.2) is 54.6 Å². The molecule has 0 N–H and O–H groups in total. The molecule has 0 fully saturated rings. The molecule has 3 aromatic rings. The topological polar surface area (TPSA) is 0 Å². The van der Waals surface area contributed by atoms with Crippen LogP contribution in [0.3, 0.4) is 0 Å². The van der Waals surface area contributed by atoms with Crippen LogP contribution in [0.1, 0.15) is 16.5 Å². The fourth-order valence-corrected chi connectivity index (χ4v) is 2.82. The van der Waals surface area contributed by atoms with Crippen molar-refractivity contribution in [2.24, 2.45) is 0 Å². The Kier molecular flexibility index (Phi) is 3.60. The zero-order valence-electron chi connectivity index (χ0n) is 10.8. The number of benzene rings is 3. The maximum atomic E-state index is 13.9. The number of alkyl halides is 1. The summed E-state index contributed by atoms with van der Waals surface area (Å²) in [6.45, 7) is 0. The molecule has 0 bridgehead atoms. The molecule has 0 aliphatic heterocycles. The molecule has 4 heteroatoms. The molecule has 0 nitrogen and oxygen atoms in total. The van der Waals surface area contributed by atoms with Gasteiger partial charge in [0.05, 0.1) is 5.38 Å². The standard InChI is InChI=1S/C17H10ClF3/c18-17(16-14(20)8-11(19)9-15(16)21)13-7-3-5-10-4-1-2-6-12(10)13/h1-9,17H. The molecular weight excluding hydrogens is 297 g/mol. The summed E-state index contributed by atoms with van der Waals surface area (Å²) in [5.74, 6) is -2.93. The second-order valence-electron chi connectivity index (χ2n) is 4.71. The minimum Gasteiger partial charge on any atom is -0.207 e. The van der Waals surface area contributed by atoms with Gasteiger partial charge >= 0.3 is 0 Å². The monoisotopic (exact) mass is 306 g/mol. The minimum atomic E-state index is -1.03. The fourth-order valence-electron chi connectivity index (χ4n) is 2.42. The largest absolute Gasteiger partial charge is 0.207 e. The van der Waals surface area contributed by atoms with Crippen LogP contribution >= 0.6 is 11.6 Å². The lowest BCUT2D eigenvalue weighted by Gasteiger charge is -2.15. The van der Waals surface area contributed by atoms with Crippen LogP contribution in [0.5, 0.6) is 0 Å². The predicted octanol–water partition coefficient (Wildman–Crippen LogP) is 5.59. The Hall–Kier alpha value is -2.00. The zero-order chi connectivity index (χ0) is 15.0. The van der Waals surface area contributed by atoms with E-state index in [0.717, 1.165) is 10.8 Å². The normalized spacial score (nSPS) is 12.6. The van der Waals surface area contributed by atoms with E-state index in [2.05, 4.69) is 0 Å². The molecule has 0 radical (unpaired) electrons. The van der Waals surface area contributed by atoms with E-state index in [1.807, 2.05) is 30.3 Å². The fraction of sp³-hybridized carbons (Fsp3) is 0.0588. The average Bonchev–Trinajstić information content (AvgIpc) is 2.45. The third-order valence-corrected chi connectivity index (χ3v) is 3.85. The Labute approximate surface area is 124 Å². The molecule has 1 unspecified atom stereocenters. The molecule has 0 amide bonds. The number of fused-ring (bicyclic) bond motifs is 1. The van der Waals surface area contributed by atoms with Crippen molar-refractivity contribution in [1.82, 2.24) is 0 Å². The highest BCUT2D eigenvalue weighted by Gasteiger charge is 2.22.